The lowest BCUT2D eigenvalue weighted by Crippen LogP contribution is -2.60. The summed E-state index contributed by atoms with van der Waals surface area (Å²) >= 11 is 1.11. The van der Waals surface area contributed by atoms with Crippen LogP contribution in [0, 0.1) is 23.2 Å². The quantitative estimate of drug-likeness (QED) is 0.0258. The molecule has 2 unspecified atom stereocenters. The second kappa shape index (κ2) is 46.4. The van der Waals surface area contributed by atoms with Crippen molar-refractivity contribution in [1.82, 2.24) is 88.5 Å². The molecule has 0 radical (unpaired) electrons. The van der Waals surface area contributed by atoms with Gasteiger partial charge in [0.2, 0.25) is 82.7 Å². The summed E-state index contributed by atoms with van der Waals surface area (Å²) < 4.78 is 0. The minimum atomic E-state index is -1.60. The van der Waals surface area contributed by atoms with Gasteiger partial charge in [0, 0.05) is 118 Å². The largest absolute Gasteiger partial charge is 0.399 e. The third-order valence-electron chi connectivity index (χ3n) is 22.8. The highest BCUT2D eigenvalue weighted by molar-refractivity contribution is 7.99. The van der Waals surface area contributed by atoms with Gasteiger partial charge in [0.05, 0.1) is 18.2 Å². The fourth-order valence-corrected chi connectivity index (χ4v) is 16.3. The average molecular weight is 1710 g/mol. The Labute approximate surface area is 715 Å². The van der Waals surface area contributed by atoms with Crippen LogP contribution in [0.15, 0.2) is 85.2 Å². The number of H-pyrrole nitrogens is 2. The normalized spacial score (nSPS) is 25.8. The third kappa shape index (κ3) is 27.2. The number of fused-ring (bicyclic) bond motifs is 6. The third-order valence-corrected chi connectivity index (χ3v) is 23.8. The summed E-state index contributed by atoms with van der Waals surface area (Å²) in [6.07, 6.45) is 6.33. The predicted octanol–water partition coefficient (Wildman–Crippen LogP) is 2.00. The van der Waals surface area contributed by atoms with Crippen LogP contribution in [0.1, 0.15) is 161 Å². The van der Waals surface area contributed by atoms with E-state index in [1.807, 2.05) is 76.2 Å². The van der Waals surface area contributed by atoms with Crippen LogP contribution in [0.2, 0.25) is 0 Å². The van der Waals surface area contributed by atoms with Crippen molar-refractivity contribution in [2.45, 2.75) is 237 Å². The molecule has 8 rings (SSSR count). The van der Waals surface area contributed by atoms with Crippen LogP contribution < -0.4 is 75.3 Å². The van der Waals surface area contributed by atoms with Gasteiger partial charge in [-0.1, -0.05) is 108 Å². The van der Waals surface area contributed by atoms with Crippen LogP contribution in [0.25, 0.3) is 21.8 Å². The molecule has 3 aliphatic rings. The number of aromatic nitrogens is 2. The standard InChI is InChI=1S/C86H124N20O15S/c1-11-13-30-69-82(118)99-62(28-21-37-92-86(88)89)78(114)91-38-39-122-47-72(108)97-67(41-52-32-34-55(87)35-33-52)83(119)104(8)51(7)76(112)101-66-44-71(107)90-36-20-29-63(98-81(66)117)79(115)95-49(5)74(110)100-64(40-48(3)4)73(109)58-24-19-25-59(58)77(113)102-65(42-53-45-93-60-26-17-15-22-56(53)60)80(116)96-50(6)75(111)103-68(43-54-46-94-61-27-18-16-23-57(54)61)84(120)106(10)70(31-14-12-2)85(121)105(69)9/h15-18,22-23,26-27,32-35,45-46,48-51,58-59,62-70,93-94H,11-14,19-21,24-25,28-31,36-44,47,87H2,1-10H3,(H,90,107)(H,91,114)(H,95,115)(H,96,116)(H,97,108)(H,98,117)(H,99,118)(H,100,110)(H,101,112)(H,102,113)(H,103,111)(H4,88,89,92)/t49-,50-,51-,58?,59+,62-,63?,64-,65-,66-,67-,68-,69-,70-/m0/s1. The number of para-hydroxylation sites is 2. The first-order valence-electron chi connectivity index (χ1n) is 42.4. The smallest absolute Gasteiger partial charge is 0.245 e. The summed E-state index contributed by atoms with van der Waals surface area (Å²) in [6.45, 7) is 11.9. The molecular weight excluding hydrogens is 1590 g/mol. The second-order valence-electron chi connectivity index (χ2n) is 32.6. The van der Waals surface area contributed by atoms with Crippen molar-refractivity contribution in [3.8, 4) is 0 Å². The zero-order chi connectivity index (χ0) is 89.0. The van der Waals surface area contributed by atoms with Crippen molar-refractivity contribution in [3.63, 3.8) is 0 Å². The highest BCUT2D eigenvalue weighted by atomic mass is 32.2. The number of amides is 14. The van der Waals surface area contributed by atoms with Gasteiger partial charge in [0.25, 0.3) is 0 Å². The molecule has 5 aromatic rings. The number of benzene rings is 3. The summed E-state index contributed by atoms with van der Waals surface area (Å²) in [5, 5.41) is 42.4. The number of anilines is 1. The first kappa shape index (κ1) is 95.9. The van der Waals surface area contributed by atoms with Gasteiger partial charge in [-0.25, -0.2) is 0 Å². The SMILES string of the molecule is CCCC[C@H]1C(=O)N(C)[C@@H](CCCC)C(=O)N[C@@H](CCCNC(=N)N)C(=O)NCCSCC(=O)N[C@@H](Cc2ccc(N)cc2)C(=O)N(C)[C@@H](C)C(=O)N[C@H]2CC(=O)NCCCC(NC2=O)C(=O)N[C@@H](C)C(=O)N[C@@H](CC(C)C)C(=O)C2CCC[C@H]2C(=O)N[C@@H](Cc2c[nH]c3ccccc23)C(=O)N[C@@H](C)C(=O)N[C@@H](Cc2c[nH]c3ccccc23)C(=O)N1C. The Bertz CT molecular complexity index is 4530. The molecule has 35 nitrogen and oxygen atoms in total. The van der Waals surface area contributed by atoms with Gasteiger partial charge in [-0.15, -0.1) is 0 Å². The number of nitrogens with zero attached hydrogens (tertiary/aromatic N) is 3. The molecule has 36 heteroatoms. The topological polar surface area (TPSA) is 518 Å². The number of ketones is 1. The molecule has 2 aromatic heterocycles. The van der Waals surface area contributed by atoms with Crippen molar-refractivity contribution in [1.29, 1.82) is 5.41 Å². The van der Waals surface area contributed by atoms with Gasteiger partial charge in [0.1, 0.15) is 66.5 Å². The monoisotopic (exact) mass is 1710 g/mol. The Morgan fingerprint density at radius 3 is 1.66 bits per heavy atom. The highest BCUT2D eigenvalue weighted by Crippen LogP contribution is 2.35. The van der Waals surface area contributed by atoms with Crippen LogP contribution in [0.5, 0.6) is 0 Å². The first-order valence-corrected chi connectivity index (χ1v) is 43.5. The fourth-order valence-electron chi connectivity index (χ4n) is 15.6. The molecule has 122 heavy (non-hydrogen) atoms. The molecule has 19 N–H and O–H groups in total. The molecule has 14 amide bonds. The van der Waals surface area contributed by atoms with Crippen molar-refractivity contribution in [2.24, 2.45) is 23.5 Å². The van der Waals surface area contributed by atoms with Crippen LogP contribution in [0.4, 0.5) is 5.69 Å². The van der Waals surface area contributed by atoms with E-state index in [2.05, 4.69) is 73.8 Å². The van der Waals surface area contributed by atoms with E-state index in [0.29, 0.717) is 54.5 Å². The van der Waals surface area contributed by atoms with Gasteiger partial charge in [0.15, 0.2) is 11.7 Å². The minimum absolute atomic E-state index is 0.0206. The molecule has 1 aliphatic carbocycles. The zero-order valence-electron chi connectivity index (χ0n) is 71.5. The van der Waals surface area contributed by atoms with E-state index >= 15 is 24.0 Å². The number of guanidine groups is 1. The number of nitrogens with two attached hydrogens (primary N) is 2. The number of Topliss-reactive ketones (excluding diaryl/α,β-unsaturated/α-hetero) is 1. The van der Waals surface area contributed by atoms with Crippen LogP contribution >= 0.6 is 11.8 Å². The average Bonchev–Trinajstić information content (AvgIpc) is 1.49. The number of unbranched alkanes of at least 4 members (excludes halogenated alkanes) is 2. The van der Waals surface area contributed by atoms with Gasteiger partial charge in [-0.3, -0.25) is 77.3 Å². The number of thioether (sulfide) groups is 1. The number of nitrogens with one attached hydrogen (secondary N) is 15. The Morgan fingerprint density at radius 1 is 0.500 bits per heavy atom. The van der Waals surface area contributed by atoms with E-state index in [-0.39, 0.29) is 120 Å². The highest BCUT2D eigenvalue weighted by Gasteiger charge is 2.45. The Morgan fingerprint density at radius 2 is 1.04 bits per heavy atom. The molecule has 2 saturated heterocycles. The number of rotatable bonds is 18. The number of carbonyl (C=O) groups is 15. The van der Waals surface area contributed by atoms with E-state index in [1.54, 1.807) is 36.7 Å². The van der Waals surface area contributed by atoms with Crippen molar-refractivity contribution in [2.75, 3.05) is 58.0 Å². The molecule has 3 aromatic carbocycles. The summed E-state index contributed by atoms with van der Waals surface area (Å²) in [5.74, 6) is -13.2. The summed E-state index contributed by atoms with van der Waals surface area (Å²) in [5.41, 5.74) is 15.4. The number of aromatic amines is 2. The number of nitrogen functional groups attached to an aromatic ring is 1. The second-order valence-corrected chi connectivity index (χ2v) is 33.7. The molecule has 3 fully saturated rings. The van der Waals surface area contributed by atoms with E-state index in [0.717, 1.165) is 38.5 Å². The number of carbonyl (C=O) groups excluding carboxylic acids is 15. The number of likely N-dealkylation sites (N-methyl/N-ethyl adjacent to an activating group) is 3. The van der Waals surface area contributed by atoms with Gasteiger partial charge in [-0.2, -0.15) is 11.8 Å². The maximum Gasteiger partial charge on any atom is 0.245 e. The van der Waals surface area contributed by atoms with Crippen molar-refractivity contribution >= 4 is 134 Å². The van der Waals surface area contributed by atoms with Crippen LogP contribution in [-0.2, 0) is 91.2 Å². The molecule has 2 aliphatic heterocycles. The summed E-state index contributed by atoms with van der Waals surface area (Å²) in [7, 11) is 4.23. The van der Waals surface area contributed by atoms with E-state index < -0.39 is 179 Å². The van der Waals surface area contributed by atoms with Crippen LogP contribution in [0.3, 0.4) is 0 Å². The van der Waals surface area contributed by atoms with Crippen molar-refractivity contribution < 1.29 is 71.9 Å². The summed E-state index contributed by atoms with van der Waals surface area (Å²) in [6, 6.07) is 5.42. The molecule has 4 heterocycles. The van der Waals surface area contributed by atoms with Gasteiger partial charge in [-0.05, 0) is 125 Å². The van der Waals surface area contributed by atoms with E-state index in [1.165, 1.54) is 51.7 Å². The number of hydrogen-bond donors (Lipinski definition) is 17. The molecule has 14 atom stereocenters. The molecule has 0 spiro atoms. The Balaban J connectivity index is 1.12. The lowest BCUT2D eigenvalue weighted by Gasteiger charge is -2.36. The molecular formula is C86H124N20O15S. The van der Waals surface area contributed by atoms with Gasteiger partial charge >= 0.3 is 0 Å². The molecule has 2 bridgehead atoms. The minimum Gasteiger partial charge on any atom is -0.399 e. The van der Waals surface area contributed by atoms with Crippen LogP contribution in [-0.4, -0.2) is 244 Å². The lowest BCUT2D eigenvalue weighted by atomic mass is 9.84. The van der Waals surface area contributed by atoms with E-state index in [9.17, 15) is 47.9 Å². The zero-order valence-corrected chi connectivity index (χ0v) is 72.4. The summed E-state index contributed by atoms with van der Waals surface area (Å²) in [4.78, 5) is 230. The Hall–Kier alpha value is -11.6. The van der Waals surface area contributed by atoms with E-state index in [4.69, 9.17) is 16.9 Å². The fraction of sp³-hybridized carbons (Fsp3) is 0.558. The first-order chi connectivity index (χ1) is 58.2. The maximum absolute atomic E-state index is 15.6. The Kier molecular flexibility index (Phi) is 36.5. The van der Waals surface area contributed by atoms with Crippen molar-refractivity contribution in [3.05, 3.63) is 102 Å². The molecule has 664 valence electrons. The lowest BCUT2D eigenvalue weighted by molar-refractivity contribution is -0.149. The maximum atomic E-state index is 15.6. The molecule has 1 saturated carbocycles. The predicted molar refractivity (Wildman–Crippen MR) is 463 cm³/mol. The van der Waals surface area contributed by atoms with Gasteiger partial charge < -0.3 is 99.9 Å². The number of hydrogen-bond acceptors (Lipinski definition) is 18.